The van der Waals surface area contributed by atoms with Crippen LogP contribution in [0.1, 0.15) is 24.8 Å². The third-order valence-corrected chi connectivity index (χ3v) is 6.07. The van der Waals surface area contributed by atoms with E-state index < -0.39 is 10.0 Å². The van der Waals surface area contributed by atoms with Gasteiger partial charge in [0.25, 0.3) is 0 Å². The zero-order valence-corrected chi connectivity index (χ0v) is 14.7. The van der Waals surface area contributed by atoms with E-state index in [4.69, 9.17) is 10.5 Å². The van der Waals surface area contributed by atoms with Crippen LogP contribution in [0, 0.1) is 12.3 Å². The molecule has 21 heavy (non-hydrogen) atoms. The van der Waals surface area contributed by atoms with Crippen LogP contribution in [-0.4, -0.2) is 28.7 Å². The Labute approximate surface area is 134 Å². The molecule has 0 atom stereocenters. The van der Waals surface area contributed by atoms with Crippen LogP contribution in [0.3, 0.4) is 0 Å². The first-order valence-electron chi connectivity index (χ1n) is 6.84. The minimum absolute atomic E-state index is 0.0640. The second-order valence-corrected chi connectivity index (χ2v) is 8.34. The van der Waals surface area contributed by atoms with Crippen molar-refractivity contribution in [1.82, 2.24) is 4.72 Å². The standard InChI is InChI=1S/C14H21BrN2O3S/c1-10-12(16)7-11(15)8-13(10)21(18,19)17-9-14(3-4-14)5-6-20-2/h7-8,17H,3-6,9,16H2,1-2H3. The van der Waals surface area contributed by atoms with E-state index in [0.29, 0.717) is 28.9 Å². The zero-order chi connectivity index (χ0) is 15.7. The molecule has 1 aliphatic carbocycles. The fourth-order valence-corrected chi connectivity index (χ4v) is 4.37. The van der Waals surface area contributed by atoms with Crippen LogP contribution in [0.2, 0.25) is 0 Å². The third kappa shape index (κ3) is 3.97. The molecule has 1 aromatic rings. The molecule has 2 rings (SSSR count). The molecule has 3 N–H and O–H groups in total. The SMILES string of the molecule is COCCC1(CNS(=O)(=O)c2cc(Br)cc(N)c2C)CC1. The fourth-order valence-electron chi connectivity index (χ4n) is 2.29. The largest absolute Gasteiger partial charge is 0.398 e. The number of hydrogen-bond donors (Lipinski definition) is 2. The van der Waals surface area contributed by atoms with E-state index in [9.17, 15) is 8.42 Å². The molecule has 5 nitrogen and oxygen atoms in total. The van der Waals surface area contributed by atoms with Crippen molar-refractivity contribution in [3.8, 4) is 0 Å². The van der Waals surface area contributed by atoms with E-state index >= 15 is 0 Å². The molecule has 0 heterocycles. The van der Waals surface area contributed by atoms with Gasteiger partial charge in [-0.3, -0.25) is 0 Å². The number of sulfonamides is 1. The number of nitrogens with two attached hydrogens (primary N) is 1. The van der Waals surface area contributed by atoms with E-state index in [1.54, 1.807) is 26.2 Å². The van der Waals surface area contributed by atoms with Gasteiger partial charge in [0.1, 0.15) is 0 Å². The predicted molar refractivity (Wildman–Crippen MR) is 86.6 cm³/mol. The molecule has 0 bridgehead atoms. The lowest BCUT2D eigenvalue weighted by atomic mass is 10.0. The maximum absolute atomic E-state index is 12.5. The van der Waals surface area contributed by atoms with Gasteiger partial charge in [-0.15, -0.1) is 0 Å². The van der Waals surface area contributed by atoms with Crippen molar-refractivity contribution < 1.29 is 13.2 Å². The first-order valence-corrected chi connectivity index (χ1v) is 9.11. The Kier molecular flexibility index (Phi) is 4.97. The quantitative estimate of drug-likeness (QED) is 0.716. The maximum atomic E-state index is 12.5. The summed E-state index contributed by atoms with van der Waals surface area (Å²) in [6, 6.07) is 3.29. The van der Waals surface area contributed by atoms with E-state index in [0.717, 1.165) is 19.3 Å². The lowest BCUT2D eigenvalue weighted by Crippen LogP contribution is -2.31. The molecule has 1 aliphatic rings. The lowest BCUT2D eigenvalue weighted by molar-refractivity contribution is 0.173. The number of methoxy groups -OCH3 is 1. The van der Waals surface area contributed by atoms with Crippen LogP contribution < -0.4 is 10.5 Å². The molecule has 0 unspecified atom stereocenters. The van der Waals surface area contributed by atoms with Gasteiger partial charge in [0.05, 0.1) is 4.90 Å². The molecule has 1 saturated carbocycles. The molecule has 0 aromatic heterocycles. The van der Waals surface area contributed by atoms with Crippen molar-refractivity contribution in [2.75, 3.05) is 26.0 Å². The number of ether oxygens (including phenoxy) is 1. The second kappa shape index (κ2) is 6.24. The van der Waals surface area contributed by atoms with Gasteiger partial charge in [0, 0.05) is 30.4 Å². The van der Waals surface area contributed by atoms with Crippen LogP contribution in [-0.2, 0) is 14.8 Å². The van der Waals surface area contributed by atoms with Crippen molar-refractivity contribution >= 4 is 31.6 Å². The summed E-state index contributed by atoms with van der Waals surface area (Å²) in [5, 5.41) is 0. The van der Waals surface area contributed by atoms with Crippen LogP contribution in [0.15, 0.2) is 21.5 Å². The molecule has 118 valence electrons. The van der Waals surface area contributed by atoms with Crippen molar-refractivity contribution in [3.05, 3.63) is 22.2 Å². The van der Waals surface area contributed by atoms with E-state index in [1.165, 1.54) is 0 Å². The predicted octanol–water partition coefficient (Wildman–Crippen LogP) is 2.43. The van der Waals surface area contributed by atoms with Crippen molar-refractivity contribution in [3.63, 3.8) is 0 Å². The number of nitrogens with one attached hydrogen (secondary N) is 1. The Hall–Kier alpha value is -0.630. The molecule has 1 fully saturated rings. The number of halogens is 1. The Bertz CT molecular complexity index is 627. The molecular weight excluding hydrogens is 356 g/mol. The molecule has 0 spiro atoms. The van der Waals surface area contributed by atoms with Crippen molar-refractivity contribution in [2.24, 2.45) is 5.41 Å². The van der Waals surface area contributed by atoms with Crippen molar-refractivity contribution in [1.29, 1.82) is 0 Å². The van der Waals surface area contributed by atoms with Crippen LogP contribution in [0.5, 0.6) is 0 Å². The summed E-state index contributed by atoms with van der Waals surface area (Å²) in [7, 11) is -1.89. The number of hydrogen-bond acceptors (Lipinski definition) is 4. The molecular formula is C14H21BrN2O3S. The summed E-state index contributed by atoms with van der Waals surface area (Å²) in [6.07, 6.45) is 2.96. The van der Waals surface area contributed by atoms with E-state index in [-0.39, 0.29) is 10.3 Å². The van der Waals surface area contributed by atoms with Gasteiger partial charge in [-0.05, 0) is 49.3 Å². The average Bonchev–Trinajstić information content (AvgIpc) is 3.19. The van der Waals surface area contributed by atoms with Gasteiger partial charge < -0.3 is 10.5 Å². The van der Waals surface area contributed by atoms with E-state index in [1.807, 2.05) is 0 Å². The van der Waals surface area contributed by atoms with Gasteiger partial charge in [0.15, 0.2) is 0 Å². The first kappa shape index (κ1) is 16.7. The minimum Gasteiger partial charge on any atom is -0.398 e. The first-order chi connectivity index (χ1) is 9.80. The molecule has 1 aromatic carbocycles. The topological polar surface area (TPSA) is 81.4 Å². The number of anilines is 1. The summed E-state index contributed by atoms with van der Waals surface area (Å²) < 4.78 is 33.4. The van der Waals surface area contributed by atoms with E-state index in [2.05, 4.69) is 20.7 Å². The van der Waals surface area contributed by atoms with Crippen molar-refractivity contribution in [2.45, 2.75) is 31.1 Å². The smallest absolute Gasteiger partial charge is 0.240 e. The summed E-state index contributed by atoms with van der Waals surface area (Å²) in [5.74, 6) is 0. The summed E-state index contributed by atoms with van der Waals surface area (Å²) in [6.45, 7) is 2.82. The molecule has 0 aliphatic heterocycles. The number of benzene rings is 1. The number of rotatable bonds is 7. The minimum atomic E-state index is -3.55. The molecule has 0 radical (unpaired) electrons. The normalized spacial score (nSPS) is 16.9. The Morgan fingerprint density at radius 2 is 2.10 bits per heavy atom. The zero-order valence-electron chi connectivity index (χ0n) is 12.3. The Morgan fingerprint density at radius 1 is 1.43 bits per heavy atom. The summed E-state index contributed by atoms with van der Waals surface area (Å²) in [5.41, 5.74) is 6.94. The molecule has 0 saturated heterocycles. The second-order valence-electron chi connectivity index (χ2n) is 5.69. The highest BCUT2D eigenvalue weighted by Gasteiger charge is 2.42. The summed E-state index contributed by atoms with van der Waals surface area (Å²) in [4.78, 5) is 0.233. The van der Waals surface area contributed by atoms with Crippen LogP contribution >= 0.6 is 15.9 Å². The van der Waals surface area contributed by atoms with Crippen LogP contribution in [0.25, 0.3) is 0 Å². The van der Waals surface area contributed by atoms with Gasteiger partial charge in [-0.25, -0.2) is 13.1 Å². The van der Waals surface area contributed by atoms with Gasteiger partial charge in [-0.2, -0.15) is 0 Å². The van der Waals surface area contributed by atoms with Crippen LogP contribution in [0.4, 0.5) is 5.69 Å². The van der Waals surface area contributed by atoms with Gasteiger partial charge >= 0.3 is 0 Å². The monoisotopic (exact) mass is 376 g/mol. The number of nitrogen functional groups attached to an aromatic ring is 1. The van der Waals surface area contributed by atoms with Gasteiger partial charge in [-0.1, -0.05) is 15.9 Å². The summed E-state index contributed by atoms with van der Waals surface area (Å²) >= 11 is 3.29. The highest BCUT2D eigenvalue weighted by Crippen LogP contribution is 2.48. The molecule has 0 amide bonds. The highest BCUT2D eigenvalue weighted by molar-refractivity contribution is 9.10. The third-order valence-electron chi connectivity index (χ3n) is 4.09. The lowest BCUT2D eigenvalue weighted by Gasteiger charge is -2.17. The fraction of sp³-hybridized carbons (Fsp3) is 0.571. The maximum Gasteiger partial charge on any atom is 0.240 e. The Balaban J connectivity index is 2.13. The highest BCUT2D eigenvalue weighted by atomic mass is 79.9. The Morgan fingerprint density at radius 3 is 2.67 bits per heavy atom. The average molecular weight is 377 g/mol. The van der Waals surface area contributed by atoms with Gasteiger partial charge in [0.2, 0.25) is 10.0 Å². The molecule has 7 heteroatoms.